The Balaban J connectivity index is 1.53. The van der Waals surface area contributed by atoms with Gasteiger partial charge in [0.15, 0.2) is 0 Å². The van der Waals surface area contributed by atoms with Gasteiger partial charge in [0, 0.05) is 27.2 Å². The number of nitrogens with one attached hydrogen (secondary N) is 1. The molecule has 4 aromatic carbocycles. The monoisotopic (exact) mass is 734 g/mol. The maximum absolute atomic E-state index is 14.4. The number of sulfonamides is 2. The Labute approximate surface area is 300 Å². The minimum atomic E-state index is -4.70. The van der Waals surface area contributed by atoms with E-state index in [9.17, 15) is 26.7 Å². The molecular weight excluding hydrogens is 701 g/mol. The number of aromatic nitrogens is 3. The maximum Gasteiger partial charge on any atom is 0.356 e. The van der Waals surface area contributed by atoms with E-state index >= 15 is 0 Å². The summed E-state index contributed by atoms with van der Waals surface area (Å²) in [4.78, 5) is 25.5. The molecule has 0 fully saturated rings. The Bertz CT molecular complexity index is 2690. The molecule has 0 saturated carbocycles. The number of hydrogen-bond acceptors (Lipinski definition) is 9. The number of pyridine rings is 2. The third kappa shape index (κ3) is 5.76. The van der Waals surface area contributed by atoms with Crippen LogP contribution in [0.25, 0.3) is 44.1 Å². The van der Waals surface area contributed by atoms with Crippen LogP contribution < -0.4 is 3.71 Å². The van der Waals surface area contributed by atoms with Gasteiger partial charge < -0.3 is 14.8 Å². The molecule has 7 aromatic rings. The zero-order valence-electron chi connectivity index (χ0n) is 28.7. The zero-order chi connectivity index (χ0) is 36.9. The van der Waals surface area contributed by atoms with Gasteiger partial charge in [0.25, 0.3) is 20.0 Å². The number of benzene rings is 4. The fraction of sp³-hybridized carbons (Fsp3) is 0.154. The molecule has 0 atom stereocenters. The number of anilines is 1. The minimum Gasteiger partial charge on any atom is -0.464 e. The fourth-order valence-electron chi connectivity index (χ4n) is 6.49. The predicted octanol–water partition coefficient (Wildman–Crippen LogP) is 6.97. The first kappa shape index (κ1) is 34.8. The highest BCUT2D eigenvalue weighted by molar-refractivity contribution is 8.10. The van der Waals surface area contributed by atoms with Gasteiger partial charge in [0.2, 0.25) is 0 Å². The standard InChI is InChI=1S/C39H34N4O7S2/c1-5-28-30-19-14-25(43(51(46,47)26-15-10-23(2)11-16-26)52(48,49)27-17-12-24(3)13-18-27)20-34(30)41-37(32(28)22-44)38-36-31(21-35(42-38)39(45)50-4)29-8-6-7-9-33(29)40-36/h6-21,40,44H,5,22H2,1-4H3. The second-order valence-electron chi connectivity index (χ2n) is 12.4. The van der Waals surface area contributed by atoms with Gasteiger partial charge in [-0.25, -0.2) is 31.6 Å². The van der Waals surface area contributed by atoms with Crippen molar-refractivity contribution in [1.29, 1.82) is 0 Å². The van der Waals surface area contributed by atoms with Crippen molar-refractivity contribution in [1.82, 2.24) is 15.0 Å². The van der Waals surface area contributed by atoms with Gasteiger partial charge in [-0.3, -0.25) is 0 Å². The highest BCUT2D eigenvalue weighted by Gasteiger charge is 2.37. The van der Waals surface area contributed by atoms with Crippen LogP contribution in [0, 0.1) is 13.8 Å². The quantitative estimate of drug-likeness (QED) is 0.149. The molecule has 0 spiro atoms. The lowest BCUT2D eigenvalue weighted by molar-refractivity contribution is 0.0594. The molecule has 52 heavy (non-hydrogen) atoms. The van der Waals surface area contributed by atoms with Gasteiger partial charge in [-0.1, -0.05) is 66.6 Å². The number of hydrogen-bond donors (Lipinski definition) is 2. The average Bonchev–Trinajstić information content (AvgIpc) is 3.52. The maximum atomic E-state index is 14.4. The largest absolute Gasteiger partial charge is 0.464 e. The van der Waals surface area contributed by atoms with Crippen molar-refractivity contribution in [2.75, 3.05) is 10.8 Å². The molecule has 3 aromatic heterocycles. The lowest BCUT2D eigenvalue weighted by atomic mass is 9.96. The van der Waals surface area contributed by atoms with E-state index in [-0.39, 0.29) is 38.1 Å². The molecule has 0 bridgehead atoms. The fourth-order valence-corrected chi connectivity index (χ4v) is 10.2. The van der Waals surface area contributed by atoms with Gasteiger partial charge in [0.05, 0.1) is 45.9 Å². The number of fused-ring (bicyclic) bond motifs is 4. The summed E-state index contributed by atoms with van der Waals surface area (Å²) < 4.78 is 63.0. The number of nitrogens with zero attached hydrogens (tertiary/aromatic N) is 3. The molecule has 0 radical (unpaired) electrons. The number of ether oxygens (including phenoxy) is 1. The Morgan fingerprint density at radius 2 is 1.37 bits per heavy atom. The van der Waals surface area contributed by atoms with Crippen molar-refractivity contribution >= 4 is 64.4 Å². The summed E-state index contributed by atoms with van der Waals surface area (Å²) in [6.45, 7) is 5.08. The second-order valence-corrected chi connectivity index (χ2v) is 16.2. The number of aliphatic hydroxyl groups is 1. The van der Waals surface area contributed by atoms with Crippen LogP contribution in [0.2, 0.25) is 0 Å². The van der Waals surface area contributed by atoms with Crippen molar-refractivity contribution in [3.05, 3.63) is 125 Å². The molecule has 7 rings (SSSR count). The lowest BCUT2D eigenvalue weighted by Gasteiger charge is -2.25. The van der Waals surface area contributed by atoms with Gasteiger partial charge in [0.1, 0.15) is 11.4 Å². The van der Waals surface area contributed by atoms with Crippen LogP contribution in [0.15, 0.2) is 107 Å². The van der Waals surface area contributed by atoms with Crippen molar-refractivity contribution in [2.24, 2.45) is 0 Å². The number of carbonyl (C=O) groups is 1. The van der Waals surface area contributed by atoms with Gasteiger partial charge >= 0.3 is 5.97 Å². The molecule has 13 heteroatoms. The molecule has 0 amide bonds. The molecule has 11 nitrogen and oxygen atoms in total. The minimum absolute atomic E-state index is 0.0203. The van der Waals surface area contributed by atoms with Gasteiger partial charge in [-0.05, 0) is 74.4 Å². The van der Waals surface area contributed by atoms with Crippen LogP contribution >= 0.6 is 0 Å². The SMILES string of the molecule is CCc1c(CO)c(-c2nc(C(=O)OC)cc3c2[nH]c2ccccc23)nc2cc(N(S(=O)(=O)c3ccc(C)cc3)S(=O)(=O)c3ccc(C)cc3)ccc12. The van der Waals surface area contributed by atoms with E-state index in [0.717, 1.165) is 22.0 Å². The third-order valence-corrected chi connectivity index (χ3v) is 13.3. The number of para-hydroxylation sites is 1. The molecule has 264 valence electrons. The number of aliphatic hydroxyl groups excluding tert-OH is 1. The lowest BCUT2D eigenvalue weighted by Crippen LogP contribution is -2.37. The molecule has 0 aliphatic heterocycles. The summed E-state index contributed by atoms with van der Waals surface area (Å²) in [7, 11) is -8.14. The first-order valence-corrected chi connectivity index (χ1v) is 19.3. The van der Waals surface area contributed by atoms with E-state index in [2.05, 4.69) is 9.97 Å². The van der Waals surface area contributed by atoms with E-state index in [4.69, 9.17) is 9.72 Å². The number of esters is 1. The predicted molar refractivity (Wildman–Crippen MR) is 200 cm³/mol. The second kappa shape index (κ2) is 13.2. The normalized spacial score (nSPS) is 12.1. The van der Waals surface area contributed by atoms with Gasteiger partial charge in [-0.15, -0.1) is 0 Å². The number of carbonyl (C=O) groups excluding carboxylic acids is 1. The van der Waals surface area contributed by atoms with Crippen LogP contribution in [-0.2, 0) is 37.8 Å². The summed E-state index contributed by atoms with van der Waals surface area (Å²) in [5.41, 5.74) is 4.68. The number of rotatable bonds is 9. The first-order valence-electron chi connectivity index (χ1n) is 16.4. The van der Waals surface area contributed by atoms with Crippen LogP contribution in [-0.4, -0.2) is 50.0 Å². The highest BCUT2D eigenvalue weighted by Crippen LogP contribution is 2.39. The van der Waals surface area contributed by atoms with E-state index in [0.29, 0.717) is 37.5 Å². The first-order chi connectivity index (χ1) is 24.9. The summed E-state index contributed by atoms with van der Waals surface area (Å²) in [5, 5.41) is 12.9. The topological polar surface area (TPSA) is 160 Å². The Morgan fingerprint density at radius 1 is 0.750 bits per heavy atom. The Hall–Kier alpha value is -5.63. The van der Waals surface area contributed by atoms with Crippen LogP contribution in [0.1, 0.15) is 39.7 Å². The average molecular weight is 735 g/mol. The van der Waals surface area contributed by atoms with Gasteiger partial charge in [-0.2, -0.15) is 3.71 Å². The molecule has 2 N–H and O–H groups in total. The van der Waals surface area contributed by atoms with E-state index in [1.807, 2.05) is 31.2 Å². The molecule has 0 aliphatic rings. The summed E-state index contributed by atoms with van der Waals surface area (Å²) in [5.74, 6) is -0.670. The number of methoxy groups -OCH3 is 1. The summed E-state index contributed by atoms with van der Waals surface area (Å²) in [6.07, 6.45) is 0.431. The molecule has 0 saturated heterocycles. The van der Waals surface area contributed by atoms with Crippen LogP contribution in [0.5, 0.6) is 0 Å². The molecule has 0 unspecified atom stereocenters. The van der Waals surface area contributed by atoms with E-state index in [1.54, 1.807) is 50.2 Å². The summed E-state index contributed by atoms with van der Waals surface area (Å²) in [6, 6.07) is 25.5. The number of aryl methyl sites for hydroxylation is 3. The van der Waals surface area contributed by atoms with E-state index < -0.39 is 32.6 Å². The molecule has 3 heterocycles. The zero-order valence-corrected chi connectivity index (χ0v) is 30.3. The molecular formula is C39H34N4O7S2. The van der Waals surface area contributed by atoms with Crippen LogP contribution in [0.3, 0.4) is 0 Å². The highest BCUT2D eigenvalue weighted by atomic mass is 32.3. The van der Waals surface area contributed by atoms with Crippen molar-refractivity contribution in [3.8, 4) is 11.4 Å². The Morgan fingerprint density at radius 3 is 1.94 bits per heavy atom. The van der Waals surface area contributed by atoms with Crippen molar-refractivity contribution in [2.45, 2.75) is 43.6 Å². The van der Waals surface area contributed by atoms with E-state index in [1.165, 1.54) is 43.5 Å². The van der Waals surface area contributed by atoms with Crippen molar-refractivity contribution < 1.29 is 31.5 Å². The smallest absolute Gasteiger partial charge is 0.356 e. The van der Waals surface area contributed by atoms with Crippen molar-refractivity contribution in [3.63, 3.8) is 0 Å². The Kier molecular flexibility index (Phi) is 8.81. The number of H-pyrrole nitrogens is 1. The number of aromatic amines is 1. The summed E-state index contributed by atoms with van der Waals surface area (Å²) >= 11 is 0. The molecule has 0 aliphatic carbocycles. The van der Waals surface area contributed by atoms with Crippen LogP contribution in [0.4, 0.5) is 5.69 Å². The third-order valence-electron chi connectivity index (χ3n) is 9.10.